The van der Waals surface area contributed by atoms with Crippen LogP contribution in [0.25, 0.3) is 11.1 Å². The second-order valence-corrected chi connectivity index (χ2v) is 3.31. The first kappa shape index (κ1) is 9.79. The number of fused-ring (bicyclic) bond motifs is 1. The molecule has 0 radical (unpaired) electrons. The molecule has 0 fully saturated rings. The van der Waals surface area contributed by atoms with E-state index in [1.165, 1.54) is 0 Å². The van der Waals surface area contributed by atoms with Gasteiger partial charge in [-0.15, -0.1) is 0 Å². The number of hydrogen-bond donors (Lipinski definition) is 2. The first-order chi connectivity index (χ1) is 7.15. The standard InChI is InChI=1S/C9H7ClN2O3/c10-5-1-2-6-7(3-5)15-9(12-6)11-4-8(13)14/h1-3H,4H2,(H,11,12)(H,13,14). The summed E-state index contributed by atoms with van der Waals surface area (Å²) in [6.07, 6.45) is 0. The second kappa shape index (κ2) is 3.78. The molecule has 0 bridgehead atoms. The number of aromatic nitrogens is 1. The molecule has 0 aliphatic carbocycles. The third kappa shape index (κ3) is 2.19. The van der Waals surface area contributed by atoms with Gasteiger partial charge in [0, 0.05) is 11.1 Å². The lowest BCUT2D eigenvalue weighted by Crippen LogP contribution is -2.12. The van der Waals surface area contributed by atoms with Crippen molar-refractivity contribution in [1.82, 2.24) is 4.98 Å². The van der Waals surface area contributed by atoms with Gasteiger partial charge in [0.2, 0.25) is 0 Å². The Kier molecular flexibility index (Phi) is 2.47. The van der Waals surface area contributed by atoms with Gasteiger partial charge in [-0.1, -0.05) is 11.6 Å². The molecule has 0 amide bonds. The molecule has 0 aliphatic rings. The first-order valence-electron chi connectivity index (χ1n) is 4.17. The number of aliphatic carboxylic acids is 1. The van der Waals surface area contributed by atoms with Crippen molar-refractivity contribution in [3.05, 3.63) is 23.2 Å². The number of halogens is 1. The van der Waals surface area contributed by atoms with Crippen LogP contribution in [0, 0.1) is 0 Å². The molecule has 2 N–H and O–H groups in total. The van der Waals surface area contributed by atoms with Crippen molar-refractivity contribution in [2.75, 3.05) is 11.9 Å². The first-order valence-corrected chi connectivity index (χ1v) is 4.55. The lowest BCUT2D eigenvalue weighted by molar-refractivity contribution is -0.134. The van der Waals surface area contributed by atoms with Crippen molar-refractivity contribution in [3.8, 4) is 0 Å². The van der Waals surface area contributed by atoms with E-state index in [-0.39, 0.29) is 12.6 Å². The van der Waals surface area contributed by atoms with Crippen molar-refractivity contribution < 1.29 is 14.3 Å². The summed E-state index contributed by atoms with van der Waals surface area (Å²) >= 11 is 5.75. The largest absolute Gasteiger partial charge is 0.480 e. The Morgan fingerprint density at radius 2 is 2.40 bits per heavy atom. The second-order valence-electron chi connectivity index (χ2n) is 2.88. The third-order valence-electron chi connectivity index (χ3n) is 1.74. The molecule has 0 aliphatic heterocycles. The van der Waals surface area contributed by atoms with E-state index < -0.39 is 5.97 Å². The smallest absolute Gasteiger partial charge is 0.323 e. The van der Waals surface area contributed by atoms with Crippen molar-refractivity contribution in [1.29, 1.82) is 0 Å². The van der Waals surface area contributed by atoms with Gasteiger partial charge >= 0.3 is 5.97 Å². The van der Waals surface area contributed by atoms with E-state index in [0.29, 0.717) is 16.1 Å². The fourth-order valence-corrected chi connectivity index (χ4v) is 1.29. The lowest BCUT2D eigenvalue weighted by Gasteiger charge is -1.93. The molecule has 0 saturated heterocycles. The summed E-state index contributed by atoms with van der Waals surface area (Å²) < 4.78 is 5.23. The van der Waals surface area contributed by atoms with Gasteiger partial charge in [0.1, 0.15) is 12.1 Å². The molecule has 0 unspecified atom stereocenters. The number of nitrogens with one attached hydrogen (secondary N) is 1. The van der Waals surface area contributed by atoms with Gasteiger partial charge in [-0.2, -0.15) is 4.98 Å². The predicted molar refractivity (Wildman–Crippen MR) is 55.1 cm³/mol. The van der Waals surface area contributed by atoms with Gasteiger partial charge < -0.3 is 14.8 Å². The van der Waals surface area contributed by atoms with Crippen LogP contribution in [0.4, 0.5) is 6.01 Å². The molecule has 5 nitrogen and oxygen atoms in total. The van der Waals surface area contributed by atoms with Gasteiger partial charge in [0.05, 0.1) is 0 Å². The number of rotatable bonds is 3. The minimum Gasteiger partial charge on any atom is -0.480 e. The van der Waals surface area contributed by atoms with Crippen molar-refractivity contribution in [2.24, 2.45) is 0 Å². The number of oxazole rings is 1. The quantitative estimate of drug-likeness (QED) is 0.837. The number of carboxylic acid groups (broad SMARTS) is 1. The topological polar surface area (TPSA) is 75.4 Å². The van der Waals surface area contributed by atoms with E-state index in [9.17, 15) is 4.79 Å². The number of anilines is 1. The Labute approximate surface area is 89.7 Å². The average molecular weight is 227 g/mol. The summed E-state index contributed by atoms with van der Waals surface area (Å²) in [5, 5.41) is 11.5. The highest BCUT2D eigenvalue weighted by atomic mass is 35.5. The lowest BCUT2D eigenvalue weighted by atomic mass is 10.3. The number of nitrogens with zero attached hydrogens (tertiary/aromatic N) is 1. The Morgan fingerprint density at radius 3 is 3.13 bits per heavy atom. The summed E-state index contributed by atoms with van der Waals surface area (Å²) in [4.78, 5) is 14.3. The van der Waals surface area contributed by atoms with Crippen LogP contribution >= 0.6 is 11.6 Å². The maximum Gasteiger partial charge on any atom is 0.323 e. The molecule has 1 aromatic carbocycles. The van der Waals surface area contributed by atoms with E-state index in [1.54, 1.807) is 18.2 Å². The molecular formula is C9H7ClN2O3. The zero-order chi connectivity index (χ0) is 10.8. The Balaban J connectivity index is 2.27. The third-order valence-corrected chi connectivity index (χ3v) is 1.98. The summed E-state index contributed by atoms with van der Waals surface area (Å²) in [6, 6.07) is 5.19. The van der Waals surface area contributed by atoms with E-state index in [1.807, 2.05) is 0 Å². The van der Waals surface area contributed by atoms with Gasteiger partial charge in [0.25, 0.3) is 6.01 Å². The maximum atomic E-state index is 10.3. The molecule has 15 heavy (non-hydrogen) atoms. The molecule has 2 rings (SSSR count). The highest BCUT2D eigenvalue weighted by Gasteiger charge is 2.06. The summed E-state index contributed by atoms with van der Waals surface area (Å²) in [5.74, 6) is -0.977. The van der Waals surface area contributed by atoms with Crippen LogP contribution in [-0.2, 0) is 4.79 Å². The predicted octanol–water partition coefficient (Wildman–Crippen LogP) is 1.98. The normalized spacial score (nSPS) is 10.5. The van der Waals surface area contributed by atoms with Crippen LogP contribution in [0.5, 0.6) is 0 Å². The van der Waals surface area contributed by atoms with E-state index in [0.717, 1.165) is 0 Å². The summed E-state index contributed by atoms with van der Waals surface area (Å²) in [5.41, 5.74) is 1.16. The van der Waals surface area contributed by atoms with Crippen LogP contribution in [0.3, 0.4) is 0 Å². The number of carbonyl (C=O) groups is 1. The zero-order valence-corrected chi connectivity index (χ0v) is 8.28. The highest BCUT2D eigenvalue weighted by molar-refractivity contribution is 6.31. The van der Waals surface area contributed by atoms with Crippen LogP contribution < -0.4 is 5.32 Å². The molecule has 2 aromatic rings. The molecule has 0 spiro atoms. The fourth-order valence-electron chi connectivity index (χ4n) is 1.13. The Bertz CT molecular complexity index is 509. The monoisotopic (exact) mass is 226 g/mol. The van der Waals surface area contributed by atoms with Crippen LogP contribution in [0.1, 0.15) is 0 Å². The number of hydrogen-bond acceptors (Lipinski definition) is 4. The number of carboxylic acids is 1. The minimum absolute atomic E-state index is 0.176. The molecular weight excluding hydrogens is 220 g/mol. The van der Waals surface area contributed by atoms with Crippen molar-refractivity contribution >= 4 is 34.7 Å². The van der Waals surface area contributed by atoms with Gasteiger partial charge in [-0.3, -0.25) is 4.79 Å². The SMILES string of the molecule is O=C(O)CNc1nc2ccc(Cl)cc2o1. The summed E-state index contributed by atoms with van der Waals surface area (Å²) in [6.45, 7) is -0.236. The highest BCUT2D eigenvalue weighted by Crippen LogP contribution is 2.22. The number of benzene rings is 1. The molecule has 78 valence electrons. The van der Waals surface area contributed by atoms with Crippen molar-refractivity contribution in [2.45, 2.75) is 0 Å². The van der Waals surface area contributed by atoms with E-state index in [2.05, 4.69) is 10.3 Å². The van der Waals surface area contributed by atoms with Crippen LogP contribution in [-0.4, -0.2) is 22.6 Å². The van der Waals surface area contributed by atoms with E-state index >= 15 is 0 Å². The average Bonchev–Trinajstić information content (AvgIpc) is 2.56. The van der Waals surface area contributed by atoms with E-state index in [4.69, 9.17) is 21.1 Å². The molecule has 0 saturated carbocycles. The zero-order valence-electron chi connectivity index (χ0n) is 7.53. The van der Waals surface area contributed by atoms with Gasteiger partial charge in [-0.05, 0) is 12.1 Å². The molecule has 6 heteroatoms. The van der Waals surface area contributed by atoms with Gasteiger partial charge in [0.15, 0.2) is 5.58 Å². The fraction of sp³-hybridized carbons (Fsp3) is 0.111. The Hall–Kier alpha value is -1.75. The molecule has 0 atom stereocenters. The van der Waals surface area contributed by atoms with Crippen LogP contribution in [0.2, 0.25) is 5.02 Å². The minimum atomic E-state index is -0.977. The van der Waals surface area contributed by atoms with Crippen molar-refractivity contribution in [3.63, 3.8) is 0 Å². The Morgan fingerprint density at radius 1 is 1.60 bits per heavy atom. The van der Waals surface area contributed by atoms with Crippen LogP contribution in [0.15, 0.2) is 22.6 Å². The summed E-state index contributed by atoms with van der Waals surface area (Å²) in [7, 11) is 0. The maximum absolute atomic E-state index is 10.3. The van der Waals surface area contributed by atoms with Gasteiger partial charge in [-0.25, -0.2) is 0 Å². The molecule has 1 aromatic heterocycles. The molecule has 1 heterocycles.